The topological polar surface area (TPSA) is 95.6 Å². The zero-order chi connectivity index (χ0) is 16.2. The summed E-state index contributed by atoms with van der Waals surface area (Å²) in [4.78, 5) is 23.3. The van der Waals surface area contributed by atoms with Crippen LogP contribution in [0.15, 0.2) is 29.2 Å². The zero-order valence-electron chi connectivity index (χ0n) is 12.3. The van der Waals surface area contributed by atoms with Crippen LogP contribution >= 0.6 is 0 Å². The molecule has 0 aromatic heterocycles. The molecule has 0 spiro atoms. The predicted molar refractivity (Wildman–Crippen MR) is 80.8 cm³/mol. The number of carbonyl (C=O) groups is 2. The Morgan fingerprint density at radius 1 is 1.41 bits per heavy atom. The highest BCUT2D eigenvalue weighted by Crippen LogP contribution is 2.17. The summed E-state index contributed by atoms with van der Waals surface area (Å²) in [6, 6.07) is 5.86. The second-order valence-electron chi connectivity index (χ2n) is 4.97. The van der Waals surface area contributed by atoms with Gasteiger partial charge in [-0.1, -0.05) is 13.0 Å². The number of nitrogens with one attached hydrogen (secondary N) is 2. The number of benzene rings is 1. The number of piperazine rings is 1. The van der Waals surface area contributed by atoms with E-state index < -0.39 is 10.0 Å². The molecule has 120 valence electrons. The van der Waals surface area contributed by atoms with Gasteiger partial charge in [-0.25, -0.2) is 8.42 Å². The molecule has 22 heavy (non-hydrogen) atoms. The number of nitrogens with zero attached hydrogens (tertiary/aromatic N) is 1. The van der Waals surface area contributed by atoms with Crippen LogP contribution in [0, 0.1) is 0 Å². The molecule has 0 unspecified atom stereocenters. The summed E-state index contributed by atoms with van der Waals surface area (Å²) in [7, 11) is -3.78. The fourth-order valence-corrected chi connectivity index (χ4v) is 3.55. The van der Waals surface area contributed by atoms with Crippen LogP contribution in [0.3, 0.4) is 0 Å². The molecule has 0 radical (unpaired) electrons. The molecule has 1 aliphatic heterocycles. The van der Waals surface area contributed by atoms with Gasteiger partial charge in [-0.3, -0.25) is 9.59 Å². The van der Waals surface area contributed by atoms with Crippen LogP contribution in [0.2, 0.25) is 0 Å². The number of hydrogen-bond donors (Lipinski definition) is 2. The van der Waals surface area contributed by atoms with Gasteiger partial charge in [0.25, 0.3) is 5.91 Å². The molecular weight excluding hydrogens is 306 g/mol. The largest absolute Gasteiger partial charge is 0.354 e. The maximum Gasteiger partial charge on any atom is 0.251 e. The number of amides is 2. The van der Waals surface area contributed by atoms with Crippen molar-refractivity contribution in [3.8, 4) is 0 Å². The van der Waals surface area contributed by atoms with Gasteiger partial charge in [0.15, 0.2) is 0 Å². The van der Waals surface area contributed by atoms with Crippen molar-refractivity contribution >= 4 is 21.8 Å². The first-order valence-electron chi connectivity index (χ1n) is 7.10. The van der Waals surface area contributed by atoms with Gasteiger partial charge in [0.2, 0.25) is 15.9 Å². The lowest BCUT2D eigenvalue weighted by Gasteiger charge is -2.26. The Morgan fingerprint density at radius 3 is 2.86 bits per heavy atom. The van der Waals surface area contributed by atoms with Gasteiger partial charge in [-0.2, -0.15) is 4.31 Å². The van der Waals surface area contributed by atoms with Crippen LogP contribution in [0.5, 0.6) is 0 Å². The molecule has 0 bridgehead atoms. The van der Waals surface area contributed by atoms with Crippen LogP contribution in [0.4, 0.5) is 0 Å². The molecule has 2 rings (SSSR count). The smallest absolute Gasteiger partial charge is 0.251 e. The molecule has 1 aliphatic rings. The van der Waals surface area contributed by atoms with Gasteiger partial charge in [0.05, 0.1) is 11.4 Å². The molecular formula is C14H19N3O4S. The van der Waals surface area contributed by atoms with Crippen molar-refractivity contribution in [3.63, 3.8) is 0 Å². The molecule has 8 heteroatoms. The quantitative estimate of drug-likeness (QED) is 0.793. The normalized spacial score (nSPS) is 16.1. The minimum atomic E-state index is -3.78. The fraction of sp³-hybridized carbons (Fsp3) is 0.429. The molecule has 0 atom stereocenters. The van der Waals surface area contributed by atoms with E-state index >= 15 is 0 Å². The monoisotopic (exact) mass is 325 g/mol. The fourth-order valence-electron chi connectivity index (χ4n) is 2.11. The minimum absolute atomic E-state index is 0.0198. The van der Waals surface area contributed by atoms with Gasteiger partial charge in [0, 0.05) is 25.2 Å². The molecule has 1 fully saturated rings. The van der Waals surface area contributed by atoms with E-state index in [1.165, 1.54) is 18.2 Å². The van der Waals surface area contributed by atoms with Gasteiger partial charge in [0.1, 0.15) is 0 Å². The zero-order valence-corrected chi connectivity index (χ0v) is 13.1. The molecule has 2 N–H and O–H groups in total. The van der Waals surface area contributed by atoms with E-state index in [1.807, 2.05) is 6.92 Å². The third kappa shape index (κ3) is 3.63. The van der Waals surface area contributed by atoms with Crippen LogP contribution in [0.1, 0.15) is 23.7 Å². The summed E-state index contributed by atoms with van der Waals surface area (Å²) in [6.07, 6.45) is 0.798. The standard InChI is InChI=1S/C14H19N3O4S/c1-2-6-16-14(19)11-4-3-5-12(9-11)22(20,21)17-8-7-15-13(18)10-17/h3-5,9H,2,6-8,10H2,1H3,(H,15,18)(H,16,19). The van der Waals surface area contributed by atoms with Gasteiger partial charge < -0.3 is 10.6 Å². The molecule has 0 saturated carbocycles. The summed E-state index contributed by atoms with van der Waals surface area (Å²) >= 11 is 0. The van der Waals surface area contributed by atoms with Crippen molar-refractivity contribution in [3.05, 3.63) is 29.8 Å². The highest BCUT2D eigenvalue weighted by molar-refractivity contribution is 7.89. The number of carbonyl (C=O) groups excluding carboxylic acids is 2. The molecule has 1 aromatic rings. The molecule has 0 aliphatic carbocycles. The van der Waals surface area contributed by atoms with E-state index in [-0.39, 0.29) is 41.9 Å². The van der Waals surface area contributed by atoms with Crippen LogP contribution in [-0.4, -0.2) is 50.7 Å². The maximum absolute atomic E-state index is 12.5. The second-order valence-corrected chi connectivity index (χ2v) is 6.91. The van der Waals surface area contributed by atoms with Crippen molar-refractivity contribution < 1.29 is 18.0 Å². The molecule has 1 heterocycles. The van der Waals surface area contributed by atoms with Crippen LogP contribution in [-0.2, 0) is 14.8 Å². The first-order valence-corrected chi connectivity index (χ1v) is 8.54. The van der Waals surface area contributed by atoms with Gasteiger partial charge in [-0.15, -0.1) is 0 Å². The molecule has 7 nitrogen and oxygen atoms in total. The van der Waals surface area contributed by atoms with E-state index in [0.29, 0.717) is 6.54 Å². The van der Waals surface area contributed by atoms with Gasteiger partial charge >= 0.3 is 0 Å². The lowest BCUT2D eigenvalue weighted by atomic mass is 10.2. The Labute approximate surface area is 129 Å². The highest BCUT2D eigenvalue weighted by atomic mass is 32.2. The van der Waals surface area contributed by atoms with Crippen LogP contribution in [0.25, 0.3) is 0 Å². The number of rotatable bonds is 5. The lowest BCUT2D eigenvalue weighted by Crippen LogP contribution is -2.49. The van der Waals surface area contributed by atoms with E-state index in [0.717, 1.165) is 10.7 Å². The van der Waals surface area contributed by atoms with Crippen LogP contribution < -0.4 is 10.6 Å². The third-order valence-electron chi connectivity index (χ3n) is 3.27. The first kappa shape index (κ1) is 16.4. The van der Waals surface area contributed by atoms with Crippen molar-refractivity contribution in [2.24, 2.45) is 0 Å². The highest BCUT2D eigenvalue weighted by Gasteiger charge is 2.29. The van der Waals surface area contributed by atoms with Crippen molar-refractivity contribution in [2.75, 3.05) is 26.2 Å². The third-order valence-corrected chi connectivity index (χ3v) is 5.11. The summed E-state index contributed by atoms with van der Waals surface area (Å²) in [5.74, 6) is -0.637. The van der Waals surface area contributed by atoms with E-state index in [2.05, 4.69) is 10.6 Å². The Morgan fingerprint density at radius 2 is 2.18 bits per heavy atom. The molecule has 2 amide bonds. The van der Waals surface area contributed by atoms with Gasteiger partial charge in [-0.05, 0) is 24.6 Å². The molecule has 1 saturated heterocycles. The molecule has 1 aromatic carbocycles. The van der Waals surface area contributed by atoms with E-state index in [4.69, 9.17) is 0 Å². The van der Waals surface area contributed by atoms with Crippen molar-refractivity contribution in [1.82, 2.24) is 14.9 Å². The summed E-state index contributed by atoms with van der Waals surface area (Å²) in [6.45, 7) is 2.77. The van der Waals surface area contributed by atoms with E-state index in [1.54, 1.807) is 6.07 Å². The Bertz CT molecular complexity index is 672. The average Bonchev–Trinajstić information content (AvgIpc) is 2.52. The van der Waals surface area contributed by atoms with Crippen molar-refractivity contribution in [2.45, 2.75) is 18.2 Å². The summed E-state index contributed by atoms with van der Waals surface area (Å²) in [5, 5.41) is 5.28. The average molecular weight is 325 g/mol. The van der Waals surface area contributed by atoms with Crippen molar-refractivity contribution in [1.29, 1.82) is 0 Å². The number of hydrogen-bond acceptors (Lipinski definition) is 4. The number of sulfonamides is 1. The SMILES string of the molecule is CCCNC(=O)c1cccc(S(=O)(=O)N2CCNC(=O)C2)c1. The minimum Gasteiger partial charge on any atom is -0.354 e. The Kier molecular flexibility index (Phi) is 5.15. The summed E-state index contributed by atoms with van der Waals surface area (Å²) in [5.41, 5.74) is 0.288. The maximum atomic E-state index is 12.5. The lowest BCUT2D eigenvalue weighted by molar-refractivity contribution is -0.122. The second kappa shape index (κ2) is 6.89. The Balaban J connectivity index is 2.24. The van der Waals surface area contributed by atoms with E-state index in [9.17, 15) is 18.0 Å². The first-order chi connectivity index (χ1) is 10.4. The predicted octanol–water partition coefficient (Wildman–Crippen LogP) is -0.0531. The Hall–Kier alpha value is -1.93. The summed E-state index contributed by atoms with van der Waals surface area (Å²) < 4.78 is 26.2.